The molecule has 1 aliphatic rings. The van der Waals surface area contributed by atoms with Gasteiger partial charge < -0.3 is 15.8 Å². The number of nitrogens with one attached hydrogen (secondary N) is 2. The number of halogens is 1. The summed E-state index contributed by atoms with van der Waals surface area (Å²) in [5.74, 6) is 0.202. The van der Waals surface area contributed by atoms with Crippen molar-refractivity contribution in [2.75, 3.05) is 18.2 Å². The number of nitrogens with zero attached hydrogens (tertiary/aromatic N) is 3. The monoisotopic (exact) mass is 554 g/mol. The van der Waals surface area contributed by atoms with Crippen LogP contribution in [-0.2, 0) is 0 Å². The van der Waals surface area contributed by atoms with Crippen molar-refractivity contribution >= 4 is 33.5 Å². The Morgan fingerprint density at radius 1 is 1.20 bits per heavy atom. The number of aryl methyl sites for hydroxylation is 1. The lowest BCUT2D eigenvalue weighted by molar-refractivity contribution is 0.386. The van der Waals surface area contributed by atoms with Crippen molar-refractivity contribution in [2.24, 2.45) is 5.92 Å². The van der Waals surface area contributed by atoms with Crippen molar-refractivity contribution in [1.82, 2.24) is 14.4 Å². The molecule has 0 radical (unpaired) electrons. The first-order valence-corrected chi connectivity index (χ1v) is 13.7. The van der Waals surface area contributed by atoms with Crippen molar-refractivity contribution in [3.63, 3.8) is 0 Å². The first-order chi connectivity index (χ1) is 19.4. The number of methoxy groups -OCH3 is 1. The van der Waals surface area contributed by atoms with Crippen LogP contribution in [-0.4, -0.2) is 27.2 Å². The fraction of sp³-hybridized carbons (Fsp3) is 0.200. The number of anilines is 2. The minimum atomic E-state index is -0.585. The molecule has 3 heterocycles. The van der Waals surface area contributed by atoms with Gasteiger partial charge in [0.1, 0.15) is 22.8 Å². The minimum Gasteiger partial charge on any atom is -0.494 e. The average Bonchev–Trinajstić information content (AvgIpc) is 3.73. The Kier molecular flexibility index (Phi) is 6.55. The molecule has 40 heavy (non-hydrogen) atoms. The number of ether oxygens (including phenoxy) is 1. The molecule has 1 aliphatic carbocycles. The first-order valence-electron chi connectivity index (χ1n) is 12.9. The smallest absolute Gasteiger partial charge is 0.264 e. The summed E-state index contributed by atoms with van der Waals surface area (Å²) < 4.78 is 21.3. The molecule has 0 unspecified atom stereocenters. The van der Waals surface area contributed by atoms with E-state index in [1.165, 1.54) is 36.9 Å². The molecule has 0 aliphatic heterocycles. The molecule has 8 nitrogen and oxygen atoms in total. The molecule has 0 amide bonds. The van der Waals surface area contributed by atoms with Crippen LogP contribution in [0.4, 0.5) is 16.0 Å². The van der Waals surface area contributed by atoms with Crippen LogP contribution in [0.15, 0.2) is 71.1 Å². The molecule has 6 rings (SSSR count). The van der Waals surface area contributed by atoms with E-state index in [9.17, 15) is 9.18 Å². The molecular formula is C30H27FN6O2S. The Morgan fingerprint density at radius 2 is 1.98 bits per heavy atom. The van der Waals surface area contributed by atoms with Gasteiger partial charge in [-0.2, -0.15) is 0 Å². The molecule has 0 spiro atoms. The van der Waals surface area contributed by atoms with E-state index in [0.717, 1.165) is 34.5 Å². The number of nitrogens with two attached hydrogens (primary N) is 1. The zero-order chi connectivity index (χ0) is 28.0. The van der Waals surface area contributed by atoms with Gasteiger partial charge in [0.05, 0.1) is 30.0 Å². The van der Waals surface area contributed by atoms with Crippen molar-refractivity contribution in [3.8, 4) is 16.9 Å². The first kappa shape index (κ1) is 25.7. The second kappa shape index (κ2) is 10.2. The van der Waals surface area contributed by atoms with Crippen molar-refractivity contribution in [2.45, 2.75) is 25.8 Å². The average molecular weight is 555 g/mol. The molecule has 2 aromatic carbocycles. The molecule has 1 fully saturated rings. The number of nitrogen functional groups attached to an aromatic ring is 1. The van der Waals surface area contributed by atoms with E-state index in [4.69, 9.17) is 15.9 Å². The van der Waals surface area contributed by atoms with Gasteiger partial charge >= 0.3 is 0 Å². The van der Waals surface area contributed by atoms with Gasteiger partial charge in [0.25, 0.3) is 5.56 Å². The highest BCUT2D eigenvalue weighted by atomic mass is 32.1. The van der Waals surface area contributed by atoms with E-state index in [0.29, 0.717) is 16.9 Å². The van der Waals surface area contributed by atoms with Gasteiger partial charge in [-0.3, -0.25) is 14.6 Å². The summed E-state index contributed by atoms with van der Waals surface area (Å²) in [6.07, 6.45) is 3.30. The topological polar surface area (TPSA) is 118 Å². The van der Waals surface area contributed by atoms with Gasteiger partial charge in [0, 0.05) is 16.6 Å². The highest BCUT2D eigenvalue weighted by Crippen LogP contribution is 2.46. The number of hydrogen-bond donors (Lipinski definition) is 3. The molecule has 4 N–H and O–H groups in total. The molecule has 202 valence electrons. The zero-order valence-electron chi connectivity index (χ0n) is 21.9. The quantitative estimate of drug-likeness (QED) is 0.208. The normalized spacial score (nSPS) is 13.8. The van der Waals surface area contributed by atoms with E-state index in [-0.39, 0.29) is 40.4 Å². The summed E-state index contributed by atoms with van der Waals surface area (Å²) in [6, 6.07) is 15.8. The predicted octanol–water partition coefficient (Wildman–Crippen LogP) is 5.84. The summed E-state index contributed by atoms with van der Waals surface area (Å²) in [5.41, 5.74) is 9.97. The number of aromatic nitrogens is 3. The fourth-order valence-corrected chi connectivity index (χ4v) is 6.04. The Hall–Kier alpha value is -4.57. The molecule has 5 aromatic rings. The van der Waals surface area contributed by atoms with E-state index < -0.39 is 5.82 Å². The largest absolute Gasteiger partial charge is 0.494 e. The van der Waals surface area contributed by atoms with Gasteiger partial charge in [-0.1, -0.05) is 30.3 Å². The Balaban J connectivity index is 1.49. The van der Waals surface area contributed by atoms with E-state index in [2.05, 4.69) is 21.4 Å². The molecule has 1 saturated carbocycles. The van der Waals surface area contributed by atoms with Gasteiger partial charge in [-0.25, -0.2) is 14.4 Å². The van der Waals surface area contributed by atoms with Gasteiger partial charge in [-0.05, 0) is 61.1 Å². The number of rotatable bonds is 8. The lowest BCUT2D eigenvalue weighted by Gasteiger charge is -2.24. The van der Waals surface area contributed by atoms with Crippen LogP contribution in [0.5, 0.6) is 5.75 Å². The summed E-state index contributed by atoms with van der Waals surface area (Å²) in [4.78, 5) is 23.4. The van der Waals surface area contributed by atoms with Gasteiger partial charge in [0.15, 0.2) is 11.6 Å². The zero-order valence-corrected chi connectivity index (χ0v) is 22.8. The van der Waals surface area contributed by atoms with Crippen LogP contribution < -0.4 is 21.3 Å². The number of hydrogen-bond acceptors (Lipinski definition) is 8. The van der Waals surface area contributed by atoms with Crippen molar-refractivity contribution in [3.05, 3.63) is 105 Å². The third-order valence-corrected chi connectivity index (χ3v) is 8.26. The van der Waals surface area contributed by atoms with Gasteiger partial charge in [-0.15, -0.1) is 11.3 Å². The molecular weight excluding hydrogens is 527 g/mol. The molecule has 0 bridgehead atoms. The number of pyridine rings is 1. The van der Waals surface area contributed by atoms with Crippen LogP contribution in [0.25, 0.3) is 16.0 Å². The van der Waals surface area contributed by atoms with E-state index in [1.807, 2.05) is 42.6 Å². The van der Waals surface area contributed by atoms with E-state index >= 15 is 0 Å². The third-order valence-electron chi connectivity index (χ3n) is 7.26. The lowest BCUT2D eigenvalue weighted by atomic mass is 9.93. The molecule has 1 atom stereocenters. The van der Waals surface area contributed by atoms with Crippen LogP contribution in [0, 0.1) is 24.1 Å². The Labute approximate surface area is 233 Å². The van der Waals surface area contributed by atoms with Crippen LogP contribution >= 0.6 is 11.3 Å². The number of benzene rings is 2. The second-order valence-electron chi connectivity index (χ2n) is 9.86. The highest BCUT2D eigenvalue weighted by Gasteiger charge is 2.36. The third kappa shape index (κ3) is 4.50. The summed E-state index contributed by atoms with van der Waals surface area (Å²) in [5, 5.41) is 14.4. The molecule has 0 saturated heterocycles. The van der Waals surface area contributed by atoms with Crippen molar-refractivity contribution < 1.29 is 9.13 Å². The SMILES string of the molecule is COc1ccc(C(=N)c2c(N)ncnc2N[C@H](c2cc3scc(C)n3c(=O)c2-c2ccccc2)C2CC2)cc1F. The van der Waals surface area contributed by atoms with Crippen LogP contribution in [0.3, 0.4) is 0 Å². The predicted molar refractivity (Wildman–Crippen MR) is 156 cm³/mol. The van der Waals surface area contributed by atoms with Crippen molar-refractivity contribution in [1.29, 1.82) is 5.41 Å². The maximum Gasteiger partial charge on any atom is 0.264 e. The highest BCUT2D eigenvalue weighted by molar-refractivity contribution is 7.15. The van der Waals surface area contributed by atoms with E-state index in [1.54, 1.807) is 10.5 Å². The Morgan fingerprint density at radius 3 is 2.67 bits per heavy atom. The maximum absolute atomic E-state index is 14.5. The molecule has 10 heteroatoms. The summed E-state index contributed by atoms with van der Waals surface area (Å²) >= 11 is 1.52. The number of thiazole rings is 1. The number of fused-ring (bicyclic) bond motifs is 1. The Bertz CT molecular complexity index is 1810. The minimum absolute atomic E-state index is 0.0237. The molecule has 3 aromatic heterocycles. The summed E-state index contributed by atoms with van der Waals surface area (Å²) in [6.45, 7) is 1.93. The summed E-state index contributed by atoms with van der Waals surface area (Å²) in [7, 11) is 1.39. The van der Waals surface area contributed by atoms with Crippen LogP contribution in [0.1, 0.15) is 41.3 Å². The van der Waals surface area contributed by atoms with Crippen LogP contribution in [0.2, 0.25) is 0 Å². The van der Waals surface area contributed by atoms with Gasteiger partial charge in [0.2, 0.25) is 0 Å². The maximum atomic E-state index is 14.5. The standard InChI is InChI=1S/C30H27FN6O2S/c1-16-14-40-23-13-20(24(30(38)37(16)23)17-6-4-3-5-7-17)27(18-8-9-18)36-29-25(28(33)34-15-35-29)26(32)19-10-11-22(39-2)21(31)12-19/h3-7,10-15,18,27,32H,8-9H2,1-2H3,(H3,33,34,35,36)/t27-/m0/s1. The lowest BCUT2D eigenvalue weighted by Crippen LogP contribution is -2.24. The second-order valence-corrected chi connectivity index (χ2v) is 10.8. The fourth-order valence-electron chi connectivity index (χ4n) is 5.11.